The van der Waals surface area contributed by atoms with E-state index in [1.807, 2.05) is 19.9 Å². The summed E-state index contributed by atoms with van der Waals surface area (Å²) in [7, 11) is 0. The van der Waals surface area contributed by atoms with E-state index < -0.39 is 11.6 Å². The van der Waals surface area contributed by atoms with Crippen LogP contribution in [-0.2, 0) is 11.3 Å². The summed E-state index contributed by atoms with van der Waals surface area (Å²) in [6.07, 6.45) is 0. The highest BCUT2D eigenvalue weighted by Gasteiger charge is 2.22. The predicted octanol–water partition coefficient (Wildman–Crippen LogP) is 5.78. The Morgan fingerprint density at radius 3 is 2.52 bits per heavy atom. The summed E-state index contributed by atoms with van der Waals surface area (Å²) < 4.78 is 10.5. The summed E-state index contributed by atoms with van der Waals surface area (Å²) >= 11 is 23.6. The van der Waals surface area contributed by atoms with E-state index in [2.05, 4.69) is 4.98 Å². The van der Waals surface area contributed by atoms with Gasteiger partial charge in [-0.2, -0.15) is 0 Å². The van der Waals surface area contributed by atoms with Gasteiger partial charge in [0.25, 0.3) is 0 Å². The molecule has 1 aromatic carbocycles. The van der Waals surface area contributed by atoms with Crippen LogP contribution in [-0.4, -0.2) is 11.0 Å². The van der Waals surface area contributed by atoms with Crippen molar-refractivity contribution in [1.29, 1.82) is 0 Å². The van der Waals surface area contributed by atoms with Gasteiger partial charge in [0.2, 0.25) is 0 Å². The summed E-state index contributed by atoms with van der Waals surface area (Å²) in [4.78, 5) is 28.1. The molecule has 2 heterocycles. The highest BCUT2D eigenvalue weighted by Crippen LogP contribution is 2.36. The molecule has 0 amide bonds. The Bertz CT molecular complexity index is 1140. The van der Waals surface area contributed by atoms with Gasteiger partial charge >= 0.3 is 11.6 Å². The van der Waals surface area contributed by atoms with Crippen molar-refractivity contribution in [3.8, 4) is 0 Å². The van der Waals surface area contributed by atoms with E-state index >= 15 is 0 Å². The van der Waals surface area contributed by atoms with Crippen LogP contribution in [0, 0.1) is 13.8 Å². The van der Waals surface area contributed by atoms with Crippen LogP contribution in [0.3, 0.4) is 0 Å². The number of pyridine rings is 1. The number of rotatable bonds is 3. The minimum absolute atomic E-state index is 0.0580. The number of fused-ring (bicyclic) bond motifs is 1. The zero-order chi connectivity index (χ0) is 19.9. The van der Waals surface area contributed by atoms with E-state index in [0.29, 0.717) is 16.5 Å². The molecule has 0 saturated carbocycles. The molecule has 3 rings (SSSR count). The van der Waals surface area contributed by atoms with Crippen molar-refractivity contribution in [2.75, 3.05) is 0 Å². The number of carbonyl (C=O) groups is 1. The van der Waals surface area contributed by atoms with Crippen LogP contribution in [0.5, 0.6) is 0 Å². The highest BCUT2D eigenvalue weighted by molar-refractivity contribution is 6.52. The number of benzene rings is 1. The summed E-state index contributed by atoms with van der Waals surface area (Å²) in [5.41, 5.74) is 1.92. The van der Waals surface area contributed by atoms with E-state index in [9.17, 15) is 9.59 Å². The molecule has 0 N–H and O–H groups in total. The van der Waals surface area contributed by atoms with Gasteiger partial charge in [0, 0.05) is 17.0 Å². The molecule has 0 atom stereocenters. The van der Waals surface area contributed by atoms with Crippen molar-refractivity contribution in [1.82, 2.24) is 4.98 Å². The van der Waals surface area contributed by atoms with E-state index in [-0.39, 0.29) is 32.5 Å². The molecule has 9 heteroatoms. The van der Waals surface area contributed by atoms with E-state index in [0.717, 1.165) is 11.1 Å². The van der Waals surface area contributed by atoms with Gasteiger partial charge in [-0.25, -0.2) is 14.6 Å². The number of hydrogen-bond donors (Lipinski definition) is 0. The van der Waals surface area contributed by atoms with Crippen molar-refractivity contribution >= 4 is 63.3 Å². The van der Waals surface area contributed by atoms with Crippen LogP contribution in [0.1, 0.15) is 27.2 Å². The van der Waals surface area contributed by atoms with Gasteiger partial charge in [-0.1, -0.05) is 58.5 Å². The third-order valence-electron chi connectivity index (χ3n) is 4.05. The van der Waals surface area contributed by atoms with Crippen molar-refractivity contribution in [3.63, 3.8) is 0 Å². The number of esters is 1. The van der Waals surface area contributed by atoms with Crippen molar-refractivity contribution in [3.05, 3.63) is 71.2 Å². The standard InChI is InChI=1S/C18H11Cl4NO4/c1-7-3-4-10-9(5-11(24)27-16(10)8(7)2)6-26-18(25)15-13(20)12(19)14(21)17(22)23-15/h3-5H,6H2,1-2H3. The maximum Gasteiger partial charge on any atom is 0.358 e. The first-order valence-corrected chi connectivity index (χ1v) is 9.12. The molecule has 0 aliphatic heterocycles. The molecule has 0 saturated heterocycles. The fraction of sp³-hybridized carbons (Fsp3) is 0.167. The van der Waals surface area contributed by atoms with Gasteiger partial charge < -0.3 is 9.15 Å². The number of aryl methyl sites for hydroxylation is 2. The number of aromatic nitrogens is 1. The molecule has 0 spiro atoms. The Balaban J connectivity index is 1.95. The van der Waals surface area contributed by atoms with Gasteiger partial charge in [0.1, 0.15) is 17.3 Å². The third kappa shape index (κ3) is 3.78. The molecule has 0 aliphatic rings. The molecule has 5 nitrogen and oxygen atoms in total. The molecular formula is C18H11Cl4NO4. The lowest BCUT2D eigenvalue weighted by Gasteiger charge is -2.11. The lowest BCUT2D eigenvalue weighted by Crippen LogP contribution is -2.11. The van der Waals surface area contributed by atoms with Gasteiger partial charge in [0.15, 0.2) is 5.69 Å². The number of hydrogen-bond acceptors (Lipinski definition) is 5. The Hall–Kier alpha value is -1.79. The Labute approximate surface area is 173 Å². The molecule has 0 bridgehead atoms. The second kappa shape index (κ2) is 7.68. The maximum atomic E-state index is 12.4. The van der Waals surface area contributed by atoms with Crippen LogP contribution < -0.4 is 5.63 Å². The number of ether oxygens (including phenoxy) is 1. The average molecular weight is 447 g/mol. The Morgan fingerprint density at radius 1 is 1.11 bits per heavy atom. The van der Waals surface area contributed by atoms with Gasteiger partial charge in [-0.15, -0.1) is 0 Å². The van der Waals surface area contributed by atoms with Crippen LogP contribution >= 0.6 is 46.4 Å². The molecular weight excluding hydrogens is 436 g/mol. The first-order chi connectivity index (χ1) is 12.7. The summed E-state index contributed by atoms with van der Waals surface area (Å²) in [5.74, 6) is -0.856. The Kier molecular flexibility index (Phi) is 5.68. The molecule has 2 aromatic heterocycles. The van der Waals surface area contributed by atoms with E-state index in [1.54, 1.807) is 6.07 Å². The van der Waals surface area contributed by atoms with Crippen LogP contribution in [0.4, 0.5) is 0 Å². The van der Waals surface area contributed by atoms with Gasteiger partial charge in [0.05, 0.1) is 15.1 Å². The second-order valence-corrected chi connectivity index (χ2v) is 7.24. The number of halogens is 4. The van der Waals surface area contributed by atoms with Crippen molar-refractivity contribution in [2.24, 2.45) is 0 Å². The molecule has 0 unspecified atom stereocenters. The van der Waals surface area contributed by atoms with E-state index in [1.165, 1.54) is 6.07 Å². The predicted molar refractivity (Wildman–Crippen MR) is 105 cm³/mol. The zero-order valence-electron chi connectivity index (χ0n) is 14.0. The first kappa shape index (κ1) is 20.0. The van der Waals surface area contributed by atoms with Crippen LogP contribution in [0.15, 0.2) is 27.4 Å². The van der Waals surface area contributed by atoms with E-state index in [4.69, 9.17) is 55.6 Å². The molecule has 0 radical (unpaired) electrons. The number of carbonyl (C=O) groups excluding carboxylic acids is 1. The largest absolute Gasteiger partial charge is 0.456 e. The van der Waals surface area contributed by atoms with Crippen molar-refractivity contribution < 1.29 is 13.9 Å². The highest BCUT2D eigenvalue weighted by atomic mass is 35.5. The fourth-order valence-corrected chi connectivity index (χ4v) is 3.28. The summed E-state index contributed by atoms with van der Waals surface area (Å²) in [6.45, 7) is 3.56. The van der Waals surface area contributed by atoms with Gasteiger partial charge in [-0.05, 0) is 25.0 Å². The minimum atomic E-state index is -0.856. The summed E-state index contributed by atoms with van der Waals surface area (Å²) in [5, 5.41) is 0.172. The molecule has 3 aromatic rings. The quantitative estimate of drug-likeness (QED) is 0.290. The lowest BCUT2D eigenvalue weighted by atomic mass is 10.0. The smallest absolute Gasteiger partial charge is 0.358 e. The summed E-state index contributed by atoms with van der Waals surface area (Å²) in [6, 6.07) is 4.95. The second-order valence-electron chi connectivity index (χ2n) is 5.74. The SMILES string of the molecule is Cc1ccc2c(COC(=O)c3nc(Cl)c(Cl)c(Cl)c3Cl)cc(=O)oc2c1C. The molecule has 27 heavy (non-hydrogen) atoms. The normalized spacial score (nSPS) is 11.0. The van der Waals surface area contributed by atoms with Crippen molar-refractivity contribution in [2.45, 2.75) is 20.5 Å². The maximum absolute atomic E-state index is 12.4. The van der Waals surface area contributed by atoms with Crippen LogP contribution in [0.2, 0.25) is 20.2 Å². The monoisotopic (exact) mass is 445 g/mol. The topological polar surface area (TPSA) is 69.4 Å². The average Bonchev–Trinajstić information content (AvgIpc) is 2.64. The number of nitrogens with zero attached hydrogens (tertiary/aromatic N) is 1. The molecule has 0 aliphatic carbocycles. The first-order valence-electron chi connectivity index (χ1n) is 7.60. The minimum Gasteiger partial charge on any atom is -0.456 e. The Morgan fingerprint density at radius 2 is 1.81 bits per heavy atom. The third-order valence-corrected chi connectivity index (χ3v) is 5.73. The lowest BCUT2D eigenvalue weighted by molar-refractivity contribution is 0.0467. The van der Waals surface area contributed by atoms with Crippen LogP contribution in [0.25, 0.3) is 11.0 Å². The molecule has 140 valence electrons. The zero-order valence-corrected chi connectivity index (χ0v) is 17.1. The van der Waals surface area contributed by atoms with Gasteiger partial charge in [-0.3, -0.25) is 0 Å². The molecule has 0 fully saturated rings. The fourth-order valence-electron chi connectivity index (χ4n) is 2.48.